The second kappa shape index (κ2) is 8.34. The minimum atomic E-state index is 0.156. The predicted molar refractivity (Wildman–Crippen MR) is 82.7 cm³/mol. The van der Waals surface area contributed by atoms with Gasteiger partial charge in [-0.2, -0.15) is 0 Å². The van der Waals surface area contributed by atoms with Crippen LogP contribution in [-0.2, 0) is 10.2 Å². The zero-order chi connectivity index (χ0) is 14.1. The van der Waals surface area contributed by atoms with Crippen LogP contribution in [0.2, 0.25) is 0 Å². The van der Waals surface area contributed by atoms with Crippen LogP contribution >= 0.6 is 0 Å². The lowest BCUT2D eigenvalue weighted by Crippen LogP contribution is -2.49. The van der Waals surface area contributed by atoms with Crippen molar-refractivity contribution in [3.05, 3.63) is 35.9 Å². The fraction of sp³-hybridized carbons (Fsp3) is 0.647. The van der Waals surface area contributed by atoms with E-state index < -0.39 is 0 Å². The van der Waals surface area contributed by atoms with Crippen LogP contribution in [0.3, 0.4) is 0 Å². The Bertz CT molecular complexity index is 332. The van der Waals surface area contributed by atoms with Gasteiger partial charge < -0.3 is 10.1 Å². The summed E-state index contributed by atoms with van der Waals surface area (Å²) in [6, 6.07) is 11.2. The van der Waals surface area contributed by atoms with Crippen molar-refractivity contribution >= 4 is 0 Å². The lowest BCUT2D eigenvalue weighted by Gasteiger charge is -2.40. The fourth-order valence-electron chi connectivity index (χ4n) is 2.99. The monoisotopic (exact) mass is 263 g/mol. The van der Waals surface area contributed by atoms with Crippen molar-refractivity contribution in [3.8, 4) is 0 Å². The molecule has 1 atom stereocenters. The van der Waals surface area contributed by atoms with Crippen molar-refractivity contribution in [3.63, 3.8) is 0 Å². The van der Waals surface area contributed by atoms with Crippen molar-refractivity contribution < 1.29 is 4.74 Å². The van der Waals surface area contributed by atoms with Gasteiger partial charge in [0.05, 0.1) is 6.61 Å². The van der Waals surface area contributed by atoms with Crippen molar-refractivity contribution in [1.82, 2.24) is 5.32 Å². The van der Waals surface area contributed by atoms with Gasteiger partial charge in [0.2, 0.25) is 0 Å². The van der Waals surface area contributed by atoms with Crippen LogP contribution < -0.4 is 5.32 Å². The number of benzene rings is 1. The first-order chi connectivity index (χ1) is 9.25. The molecule has 0 spiro atoms. The molecule has 1 aromatic carbocycles. The van der Waals surface area contributed by atoms with Crippen molar-refractivity contribution in [1.29, 1.82) is 0 Å². The summed E-state index contributed by atoms with van der Waals surface area (Å²) in [5.74, 6) is 0. The number of rotatable bonds is 9. The van der Waals surface area contributed by atoms with E-state index in [1.165, 1.54) is 5.56 Å². The highest BCUT2D eigenvalue weighted by atomic mass is 16.5. The van der Waals surface area contributed by atoms with E-state index in [9.17, 15) is 0 Å². The fourth-order valence-corrected chi connectivity index (χ4v) is 2.99. The van der Waals surface area contributed by atoms with Crippen LogP contribution in [0.4, 0.5) is 0 Å². The third-order valence-electron chi connectivity index (χ3n) is 4.26. The standard InChI is InChI=1S/C17H29NO/c1-5-13-19-14-16(18-4)17(6-2,7-3)15-11-9-8-10-12-15/h8-12,16,18H,5-7,13-14H2,1-4H3. The van der Waals surface area contributed by atoms with E-state index in [1.54, 1.807) is 0 Å². The van der Waals surface area contributed by atoms with Gasteiger partial charge in [-0.25, -0.2) is 0 Å². The molecule has 2 heteroatoms. The smallest absolute Gasteiger partial charge is 0.0628 e. The van der Waals surface area contributed by atoms with Crippen molar-refractivity contribution in [2.45, 2.75) is 51.5 Å². The zero-order valence-corrected chi connectivity index (χ0v) is 12.9. The highest BCUT2D eigenvalue weighted by Gasteiger charge is 2.36. The minimum Gasteiger partial charge on any atom is -0.380 e. The maximum atomic E-state index is 5.80. The second-order valence-electron chi connectivity index (χ2n) is 5.15. The molecule has 0 saturated heterocycles. The summed E-state index contributed by atoms with van der Waals surface area (Å²) in [6.45, 7) is 8.33. The molecular formula is C17H29NO. The summed E-state index contributed by atoms with van der Waals surface area (Å²) in [5, 5.41) is 3.48. The Morgan fingerprint density at radius 3 is 2.21 bits per heavy atom. The molecule has 1 unspecified atom stereocenters. The maximum absolute atomic E-state index is 5.80. The first-order valence-corrected chi connectivity index (χ1v) is 7.55. The van der Waals surface area contributed by atoms with Crippen LogP contribution in [0.1, 0.15) is 45.6 Å². The van der Waals surface area contributed by atoms with Gasteiger partial charge in [-0.15, -0.1) is 0 Å². The van der Waals surface area contributed by atoms with E-state index in [0.717, 1.165) is 32.5 Å². The molecule has 19 heavy (non-hydrogen) atoms. The molecule has 1 N–H and O–H groups in total. The molecule has 0 aliphatic carbocycles. The van der Waals surface area contributed by atoms with Gasteiger partial charge in [-0.1, -0.05) is 51.1 Å². The number of likely N-dealkylation sites (N-methyl/N-ethyl adjacent to an activating group) is 1. The minimum absolute atomic E-state index is 0.156. The van der Waals surface area contributed by atoms with Crippen molar-refractivity contribution in [2.24, 2.45) is 0 Å². The normalized spacial score (nSPS) is 13.5. The average molecular weight is 263 g/mol. The van der Waals surface area contributed by atoms with Gasteiger partial charge in [-0.3, -0.25) is 0 Å². The third-order valence-corrected chi connectivity index (χ3v) is 4.26. The summed E-state index contributed by atoms with van der Waals surface area (Å²) in [4.78, 5) is 0. The molecule has 0 heterocycles. The summed E-state index contributed by atoms with van der Waals surface area (Å²) < 4.78 is 5.80. The SMILES string of the molecule is CCCOCC(NC)C(CC)(CC)c1ccccc1. The Morgan fingerprint density at radius 2 is 1.74 bits per heavy atom. The molecule has 0 aromatic heterocycles. The van der Waals surface area contributed by atoms with Crippen LogP contribution in [0.5, 0.6) is 0 Å². The number of hydrogen-bond donors (Lipinski definition) is 1. The van der Waals surface area contributed by atoms with E-state index in [-0.39, 0.29) is 5.41 Å². The molecule has 0 bridgehead atoms. The van der Waals surface area contributed by atoms with Crippen LogP contribution in [0.25, 0.3) is 0 Å². The van der Waals surface area contributed by atoms with E-state index in [1.807, 2.05) is 7.05 Å². The summed E-state index contributed by atoms with van der Waals surface area (Å²) >= 11 is 0. The zero-order valence-electron chi connectivity index (χ0n) is 12.9. The van der Waals surface area contributed by atoms with Gasteiger partial charge in [0.15, 0.2) is 0 Å². The Balaban J connectivity index is 2.95. The molecule has 0 saturated carbocycles. The lowest BCUT2D eigenvalue weighted by atomic mass is 9.70. The Kier molecular flexibility index (Phi) is 7.11. The molecule has 0 aliphatic heterocycles. The Hall–Kier alpha value is -0.860. The maximum Gasteiger partial charge on any atom is 0.0628 e. The van der Waals surface area contributed by atoms with Gasteiger partial charge in [0.25, 0.3) is 0 Å². The Morgan fingerprint density at radius 1 is 1.11 bits per heavy atom. The molecule has 0 fully saturated rings. The number of nitrogens with one attached hydrogen (secondary N) is 1. The van der Waals surface area contributed by atoms with Gasteiger partial charge in [0, 0.05) is 18.1 Å². The average Bonchev–Trinajstić information content (AvgIpc) is 2.48. The van der Waals surface area contributed by atoms with E-state index in [2.05, 4.69) is 56.4 Å². The highest BCUT2D eigenvalue weighted by molar-refractivity contribution is 5.27. The summed E-state index contributed by atoms with van der Waals surface area (Å²) in [5.41, 5.74) is 1.57. The molecule has 108 valence electrons. The Labute approximate surface area is 118 Å². The first kappa shape index (κ1) is 16.2. The van der Waals surface area contributed by atoms with Crippen LogP contribution in [-0.4, -0.2) is 26.3 Å². The molecule has 1 aromatic rings. The van der Waals surface area contributed by atoms with E-state index in [4.69, 9.17) is 4.74 Å². The van der Waals surface area contributed by atoms with E-state index in [0.29, 0.717) is 6.04 Å². The first-order valence-electron chi connectivity index (χ1n) is 7.55. The summed E-state index contributed by atoms with van der Waals surface area (Å²) in [6.07, 6.45) is 3.32. The molecule has 0 aliphatic rings. The third kappa shape index (κ3) is 3.80. The van der Waals surface area contributed by atoms with Gasteiger partial charge in [0.1, 0.15) is 0 Å². The quantitative estimate of drug-likeness (QED) is 0.685. The van der Waals surface area contributed by atoms with Gasteiger partial charge >= 0.3 is 0 Å². The molecule has 2 nitrogen and oxygen atoms in total. The summed E-state index contributed by atoms with van der Waals surface area (Å²) in [7, 11) is 2.04. The van der Waals surface area contributed by atoms with Crippen LogP contribution in [0, 0.1) is 0 Å². The second-order valence-corrected chi connectivity index (χ2v) is 5.15. The molecule has 1 rings (SSSR count). The van der Waals surface area contributed by atoms with Gasteiger partial charge in [-0.05, 0) is 31.9 Å². The van der Waals surface area contributed by atoms with Crippen molar-refractivity contribution in [2.75, 3.05) is 20.3 Å². The molecule has 0 amide bonds. The molecule has 0 radical (unpaired) electrons. The lowest BCUT2D eigenvalue weighted by molar-refractivity contribution is 0.0829. The van der Waals surface area contributed by atoms with Crippen LogP contribution in [0.15, 0.2) is 30.3 Å². The number of ether oxygens (including phenoxy) is 1. The largest absolute Gasteiger partial charge is 0.380 e. The predicted octanol–water partition coefficient (Wildman–Crippen LogP) is 3.76. The van der Waals surface area contributed by atoms with E-state index >= 15 is 0 Å². The molecular weight excluding hydrogens is 234 g/mol. The topological polar surface area (TPSA) is 21.3 Å². The number of hydrogen-bond acceptors (Lipinski definition) is 2. The highest BCUT2D eigenvalue weighted by Crippen LogP contribution is 2.35.